The van der Waals surface area contributed by atoms with Gasteiger partial charge in [-0.1, -0.05) is 30.7 Å². The molecule has 1 heterocycles. The first-order valence-electron chi connectivity index (χ1n) is 14.6. The highest BCUT2D eigenvalue weighted by Gasteiger charge is 2.35. The van der Waals surface area contributed by atoms with Crippen LogP contribution in [0, 0.1) is 5.41 Å². The Kier molecular flexibility index (Phi) is 12.6. The molecule has 1 amide bonds. The van der Waals surface area contributed by atoms with Crippen molar-refractivity contribution >= 4 is 11.7 Å². The van der Waals surface area contributed by atoms with E-state index in [1.807, 2.05) is 0 Å². The van der Waals surface area contributed by atoms with Crippen molar-refractivity contribution in [3.8, 4) is 0 Å². The largest absolute Gasteiger partial charge is 0.416 e. The van der Waals surface area contributed by atoms with E-state index in [9.17, 15) is 31.1 Å². The molecule has 1 aliphatic rings. The van der Waals surface area contributed by atoms with Crippen molar-refractivity contribution in [1.82, 2.24) is 15.1 Å². The van der Waals surface area contributed by atoms with Crippen LogP contribution in [0.3, 0.4) is 0 Å². The maximum Gasteiger partial charge on any atom is 0.416 e. The van der Waals surface area contributed by atoms with Crippen molar-refractivity contribution in [3.63, 3.8) is 0 Å². The van der Waals surface area contributed by atoms with Gasteiger partial charge in [0.1, 0.15) is 5.84 Å². The first-order chi connectivity index (χ1) is 20.7. The van der Waals surface area contributed by atoms with Gasteiger partial charge < -0.3 is 32.3 Å². The molecule has 44 heavy (non-hydrogen) atoms. The average Bonchev–Trinajstić information content (AvgIpc) is 2.97. The predicted octanol–water partition coefficient (Wildman–Crippen LogP) is 3.37. The smallest absolute Gasteiger partial charge is 0.355 e. The molecule has 0 saturated carbocycles. The van der Waals surface area contributed by atoms with Crippen LogP contribution in [0.1, 0.15) is 41.5 Å². The first kappa shape index (κ1) is 35.3. The molecule has 244 valence electrons. The first-order valence-corrected chi connectivity index (χ1v) is 14.6. The van der Waals surface area contributed by atoms with Gasteiger partial charge in [-0.25, -0.2) is 0 Å². The quantitative estimate of drug-likeness (QED) is 0.0998. The van der Waals surface area contributed by atoms with Crippen molar-refractivity contribution < 1.29 is 31.1 Å². The Balaban J connectivity index is 1.65. The number of hydrogen-bond acceptors (Lipinski definition) is 6. The molecule has 8 nitrogen and oxygen atoms in total. The summed E-state index contributed by atoms with van der Waals surface area (Å²) in [5.74, 6) is -0.197. The van der Waals surface area contributed by atoms with Gasteiger partial charge in [-0.3, -0.25) is 10.2 Å². The lowest BCUT2D eigenvalue weighted by Gasteiger charge is -2.44. The number of nitrogens with zero attached hydrogens (tertiary/aromatic N) is 2. The van der Waals surface area contributed by atoms with Crippen LogP contribution in [-0.2, 0) is 30.0 Å². The zero-order valence-corrected chi connectivity index (χ0v) is 24.4. The maximum absolute atomic E-state index is 13.5. The molecule has 3 rings (SSSR count). The van der Waals surface area contributed by atoms with Crippen LogP contribution in [0.15, 0.2) is 48.5 Å². The Morgan fingerprint density at radius 2 is 1.36 bits per heavy atom. The highest BCUT2D eigenvalue weighted by molar-refractivity contribution is 5.86. The molecule has 2 aromatic rings. The summed E-state index contributed by atoms with van der Waals surface area (Å²) in [5.41, 5.74) is 17.6. The Morgan fingerprint density at radius 3 is 1.86 bits per heavy atom. The fourth-order valence-corrected chi connectivity index (χ4v) is 5.27. The summed E-state index contributed by atoms with van der Waals surface area (Å²) in [6.07, 6.45) is -6.43. The minimum Gasteiger partial charge on any atom is -0.355 e. The van der Waals surface area contributed by atoms with Crippen molar-refractivity contribution in [1.29, 1.82) is 5.41 Å². The molecule has 1 fully saturated rings. The number of halogens is 6. The SMILES string of the molecule is N=C([C@H](N)Cc1ccc(C(F)(F)F)cc1)N1CCN(C(=O)C(N)Cc2ccc(C(F)(F)F)cc2)[C@@H](CCCCNCCN)C1. The fraction of sp³-hybridized carbons (Fsp3) is 0.533. The van der Waals surface area contributed by atoms with E-state index in [-0.39, 0.29) is 37.2 Å². The van der Waals surface area contributed by atoms with E-state index in [2.05, 4.69) is 5.32 Å². The summed E-state index contributed by atoms with van der Waals surface area (Å²) < 4.78 is 77.5. The van der Waals surface area contributed by atoms with Crippen molar-refractivity contribution in [2.75, 3.05) is 39.3 Å². The Bertz CT molecular complexity index is 1200. The molecule has 14 heteroatoms. The molecule has 0 spiro atoms. The zero-order chi connectivity index (χ0) is 32.5. The number of alkyl halides is 6. The number of nitrogens with two attached hydrogens (primary N) is 3. The lowest BCUT2D eigenvalue weighted by molar-refractivity contribution is -0.138. The van der Waals surface area contributed by atoms with Crippen LogP contribution in [0.5, 0.6) is 0 Å². The molecule has 0 aliphatic carbocycles. The number of unbranched alkanes of at least 4 members (excludes halogenated alkanes) is 1. The Hall–Kier alpha value is -3.20. The standard InChI is InChI=1S/C30H41F6N7O/c31-29(32,33)22-8-4-20(5-9-22)17-25(38)27(40)42-15-16-43(24(19-42)3-1-2-13-41-14-12-37)28(44)26(39)18-21-6-10-23(11-7-21)30(34,35)36/h4-11,24-26,40-41H,1-3,12-19,37-39H2/t24-,25+,26?/m0/s1. The highest BCUT2D eigenvalue weighted by atomic mass is 19.4. The van der Waals surface area contributed by atoms with Gasteiger partial charge in [-0.15, -0.1) is 0 Å². The Labute approximate surface area is 253 Å². The van der Waals surface area contributed by atoms with E-state index in [1.54, 1.807) is 9.80 Å². The van der Waals surface area contributed by atoms with Gasteiger partial charge in [-0.05, 0) is 67.6 Å². The van der Waals surface area contributed by atoms with Crippen LogP contribution in [-0.4, -0.2) is 78.9 Å². The second-order valence-electron chi connectivity index (χ2n) is 11.1. The van der Waals surface area contributed by atoms with Crippen molar-refractivity contribution in [3.05, 3.63) is 70.8 Å². The van der Waals surface area contributed by atoms with Crippen molar-refractivity contribution in [2.45, 2.75) is 62.6 Å². The van der Waals surface area contributed by atoms with E-state index >= 15 is 0 Å². The third-order valence-corrected chi connectivity index (χ3v) is 7.71. The van der Waals surface area contributed by atoms with Gasteiger partial charge in [0.25, 0.3) is 0 Å². The molecule has 3 atom stereocenters. The Morgan fingerprint density at radius 1 is 0.841 bits per heavy atom. The number of rotatable bonds is 13. The summed E-state index contributed by atoms with van der Waals surface area (Å²) in [7, 11) is 0. The molecule has 0 radical (unpaired) electrons. The zero-order valence-electron chi connectivity index (χ0n) is 24.4. The number of hydrogen-bond donors (Lipinski definition) is 5. The number of amides is 1. The van der Waals surface area contributed by atoms with Gasteiger partial charge in [0.05, 0.1) is 23.2 Å². The molecule has 8 N–H and O–H groups in total. The number of nitrogens with one attached hydrogen (secondary N) is 2. The number of carbonyl (C=O) groups excluding carboxylic acids is 1. The second-order valence-corrected chi connectivity index (χ2v) is 11.1. The third-order valence-electron chi connectivity index (χ3n) is 7.71. The van der Waals surface area contributed by atoms with Crippen LogP contribution in [0.25, 0.3) is 0 Å². The normalized spacial score (nSPS) is 17.4. The number of benzene rings is 2. The van der Waals surface area contributed by atoms with E-state index in [0.29, 0.717) is 43.7 Å². The van der Waals surface area contributed by atoms with E-state index in [1.165, 1.54) is 24.3 Å². The fourth-order valence-electron chi connectivity index (χ4n) is 5.27. The van der Waals surface area contributed by atoms with Gasteiger partial charge in [-0.2, -0.15) is 26.3 Å². The van der Waals surface area contributed by atoms with Crippen LogP contribution in [0.4, 0.5) is 26.3 Å². The minimum atomic E-state index is -4.46. The second kappa shape index (κ2) is 15.7. The molecule has 1 aliphatic heterocycles. The van der Waals surface area contributed by atoms with E-state index < -0.39 is 35.6 Å². The molecular weight excluding hydrogens is 588 g/mol. The number of piperazine rings is 1. The molecular formula is C30H41F6N7O. The monoisotopic (exact) mass is 629 g/mol. The van der Waals surface area contributed by atoms with Gasteiger partial charge in [0, 0.05) is 38.8 Å². The molecule has 0 bridgehead atoms. The molecule has 1 unspecified atom stereocenters. The summed E-state index contributed by atoms with van der Waals surface area (Å²) in [6.45, 7) is 2.87. The molecule has 2 aromatic carbocycles. The topological polar surface area (TPSA) is 137 Å². The maximum atomic E-state index is 13.5. The summed E-state index contributed by atoms with van der Waals surface area (Å²) in [4.78, 5) is 17.0. The van der Waals surface area contributed by atoms with E-state index in [4.69, 9.17) is 22.6 Å². The summed E-state index contributed by atoms with van der Waals surface area (Å²) in [6, 6.07) is 7.23. The van der Waals surface area contributed by atoms with E-state index in [0.717, 1.165) is 43.7 Å². The minimum absolute atomic E-state index is 0.0702. The van der Waals surface area contributed by atoms with Crippen LogP contribution < -0.4 is 22.5 Å². The van der Waals surface area contributed by atoms with Crippen LogP contribution in [0.2, 0.25) is 0 Å². The van der Waals surface area contributed by atoms with Gasteiger partial charge in [0.2, 0.25) is 5.91 Å². The molecule has 1 saturated heterocycles. The molecule has 0 aromatic heterocycles. The van der Waals surface area contributed by atoms with Gasteiger partial charge in [0.15, 0.2) is 0 Å². The third kappa shape index (κ3) is 10.2. The van der Waals surface area contributed by atoms with Gasteiger partial charge >= 0.3 is 12.4 Å². The number of carbonyl (C=O) groups is 1. The van der Waals surface area contributed by atoms with Crippen LogP contribution >= 0.6 is 0 Å². The summed E-state index contributed by atoms with van der Waals surface area (Å²) >= 11 is 0. The summed E-state index contributed by atoms with van der Waals surface area (Å²) in [5, 5.41) is 11.9. The predicted molar refractivity (Wildman–Crippen MR) is 157 cm³/mol. The van der Waals surface area contributed by atoms with Crippen molar-refractivity contribution in [2.24, 2.45) is 17.2 Å². The number of amidine groups is 1. The lowest BCUT2D eigenvalue weighted by atomic mass is 9.99. The lowest BCUT2D eigenvalue weighted by Crippen LogP contribution is -2.61. The average molecular weight is 630 g/mol. The highest BCUT2D eigenvalue weighted by Crippen LogP contribution is 2.30.